The Hall–Kier alpha value is -1.80. The fraction of sp³-hybridized carbons (Fsp3) is 0.368. The predicted molar refractivity (Wildman–Crippen MR) is 87.6 cm³/mol. The molecule has 21 heavy (non-hydrogen) atoms. The van der Waals surface area contributed by atoms with Crippen LogP contribution in [0, 0.1) is 0 Å². The van der Waals surface area contributed by atoms with E-state index in [1.807, 2.05) is 0 Å². The third kappa shape index (κ3) is 2.68. The Bertz CT molecular complexity index is 610. The average Bonchev–Trinajstić information content (AvgIpc) is 2.79. The van der Waals surface area contributed by atoms with Crippen LogP contribution in [0.3, 0.4) is 0 Å². The van der Waals surface area contributed by atoms with Crippen molar-refractivity contribution in [1.82, 2.24) is 4.90 Å². The Morgan fingerprint density at radius 1 is 0.952 bits per heavy atom. The molecule has 0 aromatic heterocycles. The second-order valence-corrected chi connectivity index (χ2v) is 6.31. The second kappa shape index (κ2) is 5.53. The summed E-state index contributed by atoms with van der Waals surface area (Å²) in [7, 11) is 0. The zero-order chi connectivity index (χ0) is 14.1. The van der Waals surface area contributed by atoms with Gasteiger partial charge in [0.05, 0.1) is 0 Å². The second-order valence-electron chi connectivity index (χ2n) is 6.31. The maximum absolute atomic E-state index is 3.68. The molecule has 0 aliphatic carbocycles. The zero-order valence-corrected chi connectivity index (χ0v) is 12.4. The van der Waals surface area contributed by atoms with Crippen molar-refractivity contribution in [2.24, 2.45) is 0 Å². The molecule has 0 amide bonds. The molecule has 2 aromatic rings. The maximum Gasteiger partial charge on any atom is 0.0429 e. The first kappa shape index (κ1) is 12.9. The first-order valence-corrected chi connectivity index (χ1v) is 8.02. The number of hydrogen-bond acceptors (Lipinski definition) is 2. The molecule has 2 heteroatoms. The van der Waals surface area contributed by atoms with E-state index in [4.69, 9.17) is 0 Å². The van der Waals surface area contributed by atoms with Crippen LogP contribution in [-0.4, -0.2) is 24.0 Å². The highest BCUT2D eigenvalue weighted by Gasteiger charge is 2.23. The number of fused-ring (bicyclic) bond motifs is 2. The van der Waals surface area contributed by atoms with Gasteiger partial charge < -0.3 is 5.32 Å². The molecule has 0 bridgehead atoms. The monoisotopic (exact) mass is 278 g/mol. The van der Waals surface area contributed by atoms with Crippen molar-refractivity contribution in [1.29, 1.82) is 0 Å². The van der Waals surface area contributed by atoms with Crippen LogP contribution in [-0.2, 0) is 19.4 Å². The summed E-state index contributed by atoms with van der Waals surface area (Å²) >= 11 is 0. The van der Waals surface area contributed by atoms with E-state index in [2.05, 4.69) is 58.7 Å². The average molecular weight is 278 g/mol. The third-order valence-corrected chi connectivity index (χ3v) is 4.75. The molecule has 2 aromatic carbocycles. The summed E-state index contributed by atoms with van der Waals surface area (Å²) in [4.78, 5) is 2.62. The molecule has 1 N–H and O–H groups in total. The number of benzene rings is 2. The van der Waals surface area contributed by atoms with Crippen LogP contribution in [0.1, 0.15) is 23.1 Å². The molecule has 0 spiro atoms. The van der Waals surface area contributed by atoms with Gasteiger partial charge in [-0.05, 0) is 48.6 Å². The van der Waals surface area contributed by atoms with Crippen LogP contribution in [0.2, 0.25) is 0 Å². The molecule has 0 saturated heterocycles. The molecule has 4 rings (SSSR count). The molecule has 0 fully saturated rings. The first-order chi connectivity index (χ1) is 10.4. The lowest BCUT2D eigenvalue weighted by Crippen LogP contribution is -2.35. The van der Waals surface area contributed by atoms with E-state index in [1.54, 1.807) is 5.56 Å². The molecule has 2 aliphatic rings. The van der Waals surface area contributed by atoms with Crippen LogP contribution in [0.4, 0.5) is 5.69 Å². The molecule has 1 atom stereocenters. The summed E-state index contributed by atoms with van der Waals surface area (Å²) < 4.78 is 0. The van der Waals surface area contributed by atoms with Gasteiger partial charge in [0.15, 0.2) is 0 Å². The van der Waals surface area contributed by atoms with E-state index in [9.17, 15) is 0 Å². The normalized spacial score (nSPS) is 21.2. The lowest BCUT2D eigenvalue weighted by atomic mass is 10.0. The molecule has 2 aliphatic heterocycles. The molecule has 2 nitrogen and oxygen atoms in total. The van der Waals surface area contributed by atoms with Crippen molar-refractivity contribution in [2.75, 3.05) is 18.4 Å². The standard InChI is InChI=1S/C19H22N2/c1-2-8-17-13-21(11-5-9-15(17)6-1)14-18-12-16-7-3-4-10-19(16)20-18/h1-4,6-8,10,18,20H,5,9,11-14H2. The number of aryl methyl sites for hydroxylation is 1. The lowest BCUT2D eigenvalue weighted by Gasteiger charge is -2.24. The molecule has 108 valence electrons. The van der Waals surface area contributed by atoms with Crippen molar-refractivity contribution in [2.45, 2.75) is 31.8 Å². The number of hydrogen-bond donors (Lipinski definition) is 1. The number of anilines is 1. The fourth-order valence-corrected chi connectivity index (χ4v) is 3.72. The van der Waals surface area contributed by atoms with Gasteiger partial charge in [-0.15, -0.1) is 0 Å². The van der Waals surface area contributed by atoms with Crippen molar-refractivity contribution < 1.29 is 0 Å². The topological polar surface area (TPSA) is 15.3 Å². The van der Waals surface area contributed by atoms with E-state index in [0.29, 0.717) is 6.04 Å². The van der Waals surface area contributed by atoms with Crippen molar-refractivity contribution >= 4 is 5.69 Å². The summed E-state index contributed by atoms with van der Waals surface area (Å²) in [6.07, 6.45) is 3.66. The largest absolute Gasteiger partial charge is 0.380 e. The number of nitrogens with one attached hydrogen (secondary N) is 1. The minimum absolute atomic E-state index is 0.563. The number of nitrogens with zero attached hydrogens (tertiary/aromatic N) is 1. The molecule has 0 radical (unpaired) electrons. The van der Waals surface area contributed by atoms with Crippen molar-refractivity contribution in [3.05, 3.63) is 65.2 Å². The Kier molecular flexibility index (Phi) is 3.40. The van der Waals surface area contributed by atoms with E-state index < -0.39 is 0 Å². The fourth-order valence-electron chi connectivity index (χ4n) is 3.72. The van der Waals surface area contributed by atoms with Crippen LogP contribution < -0.4 is 5.32 Å². The van der Waals surface area contributed by atoms with E-state index in [0.717, 1.165) is 19.5 Å². The quantitative estimate of drug-likeness (QED) is 0.905. The summed E-state index contributed by atoms with van der Waals surface area (Å²) in [6, 6.07) is 18.2. The summed E-state index contributed by atoms with van der Waals surface area (Å²) in [5, 5.41) is 3.68. The molecular formula is C19H22N2. The van der Waals surface area contributed by atoms with Gasteiger partial charge in [0.25, 0.3) is 0 Å². The third-order valence-electron chi connectivity index (χ3n) is 4.75. The SMILES string of the molecule is c1ccc2c(c1)CCCN(CC1Cc3ccccc3N1)C2. The van der Waals surface area contributed by atoms with Crippen LogP contribution >= 0.6 is 0 Å². The molecule has 2 heterocycles. The van der Waals surface area contributed by atoms with Gasteiger partial charge in [0.1, 0.15) is 0 Å². The van der Waals surface area contributed by atoms with Gasteiger partial charge in [0, 0.05) is 24.8 Å². The van der Waals surface area contributed by atoms with E-state index in [1.165, 1.54) is 36.2 Å². The highest BCUT2D eigenvalue weighted by atomic mass is 15.2. The lowest BCUT2D eigenvalue weighted by molar-refractivity contribution is 0.259. The Morgan fingerprint density at radius 2 is 1.71 bits per heavy atom. The molecule has 1 unspecified atom stereocenters. The van der Waals surface area contributed by atoms with Crippen LogP contribution in [0.15, 0.2) is 48.5 Å². The minimum Gasteiger partial charge on any atom is -0.380 e. The van der Waals surface area contributed by atoms with E-state index >= 15 is 0 Å². The highest BCUT2D eigenvalue weighted by Crippen LogP contribution is 2.26. The molecule has 0 saturated carbocycles. The van der Waals surface area contributed by atoms with Gasteiger partial charge >= 0.3 is 0 Å². The number of rotatable bonds is 2. The zero-order valence-electron chi connectivity index (χ0n) is 12.4. The summed E-state index contributed by atoms with van der Waals surface area (Å²) in [5.41, 5.74) is 5.86. The maximum atomic E-state index is 3.68. The van der Waals surface area contributed by atoms with Gasteiger partial charge in [-0.25, -0.2) is 0 Å². The molecular weight excluding hydrogens is 256 g/mol. The highest BCUT2D eigenvalue weighted by molar-refractivity contribution is 5.56. The van der Waals surface area contributed by atoms with Crippen molar-refractivity contribution in [3.8, 4) is 0 Å². The summed E-state index contributed by atoms with van der Waals surface area (Å²) in [5.74, 6) is 0. The Labute approximate surface area is 126 Å². The minimum atomic E-state index is 0.563. The predicted octanol–water partition coefficient (Wildman–Crippen LogP) is 3.47. The van der Waals surface area contributed by atoms with Gasteiger partial charge in [-0.2, -0.15) is 0 Å². The van der Waals surface area contributed by atoms with Crippen LogP contribution in [0.5, 0.6) is 0 Å². The smallest absolute Gasteiger partial charge is 0.0429 e. The summed E-state index contributed by atoms with van der Waals surface area (Å²) in [6.45, 7) is 3.46. The van der Waals surface area contributed by atoms with Gasteiger partial charge in [0.2, 0.25) is 0 Å². The van der Waals surface area contributed by atoms with E-state index in [-0.39, 0.29) is 0 Å². The van der Waals surface area contributed by atoms with Gasteiger partial charge in [-0.3, -0.25) is 4.90 Å². The van der Waals surface area contributed by atoms with Crippen molar-refractivity contribution in [3.63, 3.8) is 0 Å². The first-order valence-electron chi connectivity index (χ1n) is 8.02. The Balaban J connectivity index is 1.45. The number of para-hydroxylation sites is 1. The Morgan fingerprint density at radius 3 is 2.57 bits per heavy atom. The van der Waals surface area contributed by atoms with Crippen LogP contribution in [0.25, 0.3) is 0 Å². The van der Waals surface area contributed by atoms with Gasteiger partial charge in [-0.1, -0.05) is 42.5 Å².